The van der Waals surface area contributed by atoms with Gasteiger partial charge in [0.25, 0.3) is 11.5 Å². The van der Waals surface area contributed by atoms with Gasteiger partial charge in [-0.1, -0.05) is 13.8 Å². The first-order chi connectivity index (χ1) is 17.1. The summed E-state index contributed by atoms with van der Waals surface area (Å²) >= 11 is 0. The van der Waals surface area contributed by atoms with Crippen LogP contribution in [0.25, 0.3) is 22.3 Å². The summed E-state index contributed by atoms with van der Waals surface area (Å²) < 4.78 is 29.5. The number of nitrogens with zero attached hydrogens (tertiary/aromatic N) is 3. The number of pyridine rings is 2. The van der Waals surface area contributed by atoms with Gasteiger partial charge < -0.3 is 25.0 Å². The minimum absolute atomic E-state index is 0.00388. The van der Waals surface area contributed by atoms with Crippen molar-refractivity contribution in [3.05, 3.63) is 62.4 Å². The predicted molar refractivity (Wildman–Crippen MR) is 132 cm³/mol. The molecule has 1 aliphatic rings. The molecule has 3 N–H and O–H groups in total. The van der Waals surface area contributed by atoms with Gasteiger partial charge in [-0.3, -0.25) is 9.59 Å². The maximum Gasteiger partial charge on any atom is 0.257 e. The van der Waals surface area contributed by atoms with Crippen LogP contribution in [0.1, 0.15) is 42.5 Å². The normalized spacial score (nSPS) is 14.1. The molecule has 0 spiro atoms. The molecule has 0 saturated carbocycles. The van der Waals surface area contributed by atoms with Crippen molar-refractivity contribution < 1.29 is 23.8 Å². The van der Waals surface area contributed by atoms with E-state index in [2.05, 4.69) is 10.3 Å². The molecule has 2 aromatic heterocycles. The number of amides is 1. The summed E-state index contributed by atoms with van der Waals surface area (Å²) in [6, 6.07) is 3.64. The summed E-state index contributed by atoms with van der Waals surface area (Å²) in [5, 5.41) is 24.7. The summed E-state index contributed by atoms with van der Waals surface area (Å²) in [7, 11) is 3.70. The molecule has 0 bridgehead atoms. The highest BCUT2D eigenvalue weighted by atomic mass is 19.2. The zero-order valence-corrected chi connectivity index (χ0v) is 20.8. The molecule has 192 valence electrons. The highest BCUT2D eigenvalue weighted by Crippen LogP contribution is 2.39. The lowest BCUT2D eigenvalue weighted by atomic mass is 9.86. The van der Waals surface area contributed by atoms with Crippen LogP contribution in [0.4, 0.5) is 8.78 Å². The van der Waals surface area contributed by atoms with E-state index in [1.165, 1.54) is 10.6 Å². The molecule has 10 heteroatoms. The average Bonchev–Trinajstić information content (AvgIpc) is 3.21. The zero-order chi connectivity index (χ0) is 26.4. The Morgan fingerprint density at radius 3 is 2.50 bits per heavy atom. The maximum atomic E-state index is 14.0. The van der Waals surface area contributed by atoms with E-state index in [0.29, 0.717) is 35.3 Å². The molecule has 8 nitrogen and oxygen atoms in total. The van der Waals surface area contributed by atoms with Gasteiger partial charge >= 0.3 is 0 Å². The van der Waals surface area contributed by atoms with Crippen LogP contribution in [0.5, 0.6) is 0 Å². The molecule has 4 rings (SSSR count). The van der Waals surface area contributed by atoms with Crippen molar-refractivity contribution in [1.82, 2.24) is 19.8 Å². The number of hydrogen-bond donors (Lipinski definition) is 3. The Morgan fingerprint density at radius 2 is 1.89 bits per heavy atom. The van der Waals surface area contributed by atoms with Crippen LogP contribution in [0, 0.1) is 11.6 Å². The number of aliphatic hydroxyl groups is 2. The van der Waals surface area contributed by atoms with Gasteiger partial charge in [-0.05, 0) is 44.6 Å². The van der Waals surface area contributed by atoms with Crippen molar-refractivity contribution >= 4 is 16.8 Å². The lowest BCUT2D eigenvalue weighted by Crippen LogP contribution is -2.47. The molecule has 3 heterocycles. The molecule has 0 fully saturated rings. The maximum absolute atomic E-state index is 14.0. The first kappa shape index (κ1) is 25.9. The van der Waals surface area contributed by atoms with Crippen molar-refractivity contribution in [1.29, 1.82) is 0 Å². The summed E-state index contributed by atoms with van der Waals surface area (Å²) in [5.41, 5.74) is -0.300. The lowest BCUT2D eigenvalue weighted by molar-refractivity contribution is -0.141. The fourth-order valence-corrected chi connectivity index (χ4v) is 4.88. The van der Waals surface area contributed by atoms with Crippen LogP contribution in [-0.4, -0.2) is 57.8 Å². The number of rotatable bonds is 8. The van der Waals surface area contributed by atoms with E-state index in [9.17, 15) is 28.6 Å². The number of halogens is 2. The second-order valence-corrected chi connectivity index (χ2v) is 9.30. The van der Waals surface area contributed by atoms with Crippen molar-refractivity contribution in [2.45, 2.75) is 45.4 Å². The molecule has 0 unspecified atom stereocenters. The van der Waals surface area contributed by atoms with E-state index >= 15 is 0 Å². The summed E-state index contributed by atoms with van der Waals surface area (Å²) in [4.78, 5) is 33.0. The number of carbonyl (C=O) groups is 1. The number of aryl methyl sites for hydroxylation is 1. The third kappa shape index (κ3) is 4.08. The van der Waals surface area contributed by atoms with E-state index in [4.69, 9.17) is 0 Å². The predicted octanol–water partition coefficient (Wildman–Crippen LogP) is 2.03. The Morgan fingerprint density at radius 1 is 1.19 bits per heavy atom. The Kier molecular flexibility index (Phi) is 6.96. The van der Waals surface area contributed by atoms with E-state index in [-0.39, 0.29) is 36.2 Å². The number of carbonyl (C=O) groups excluding carboxylic acids is 1. The molecular weight excluding hydrogens is 470 g/mol. The Labute approximate surface area is 207 Å². The average molecular weight is 501 g/mol. The number of hydrogen-bond acceptors (Lipinski definition) is 6. The number of fused-ring (bicyclic) bond motifs is 4. The van der Waals surface area contributed by atoms with Crippen LogP contribution in [0.15, 0.2) is 23.0 Å². The van der Waals surface area contributed by atoms with Gasteiger partial charge in [-0.2, -0.15) is 0 Å². The third-order valence-electron chi connectivity index (χ3n) is 6.89. The molecule has 1 amide bonds. The quantitative estimate of drug-likeness (QED) is 0.342. The topological polar surface area (TPSA) is 108 Å². The minimum Gasteiger partial charge on any atom is -0.391 e. The standard InChI is InChI=1S/C26H30F2N4O4/c1-5-14-15-9-19(27)20(28)11-21(15)30-23-16(14)12-32-22(23)10-18(17(13-33)24(32)34)26(36,6-2)25(35)29-7-8-31(3)4/h9-11,33,36H,5-8,12-13H2,1-4H3,(H,29,35)/t26-/m0/s1. The molecule has 3 aromatic rings. The molecule has 1 atom stereocenters. The number of nitrogens with one attached hydrogen (secondary N) is 1. The molecule has 36 heavy (non-hydrogen) atoms. The van der Waals surface area contributed by atoms with E-state index < -0.39 is 35.3 Å². The zero-order valence-electron chi connectivity index (χ0n) is 20.8. The van der Waals surface area contributed by atoms with Gasteiger partial charge in [0.2, 0.25) is 0 Å². The Hall–Kier alpha value is -3.21. The monoisotopic (exact) mass is 500 g/mol. The van der Waals surface area contributed by atoms with Gasteiger partial charge in [0.1, 0.15) is 0 Å². The summed E-state index contributed by atoms with van der Waals surface area (Å²) in [6.07, 6.45) is 0.446. The minimum atomic E-state index is -2.07. The van der Waals surface area contributed by atoms with Crippen LogP contribution >= 0.6 is 0 Å². The Bertz CT molecular complexity index is 1420. The highest BCUT2D eigenvalue weighted by molar-refractivity contribution is 5.89. The molecule has 1 aliphatic heterocycles. The van der Waals surface area contributed by atoms with Gasteiger partial charge in [0, 0.05) is 41.2 Å². The smallest absolute Gasteiger partial charge is 0.257 e. The van der Waals surface area contributed by atoms with Gasteiger partial charge in [-0.15, -0.1) is 0 Å². The van der Waals surface area contributed by atoms with Crippen LogP contribution in [0.2, 0.25) is 0 Å². The van der Waals surface area contributed by atoms with E-state index in [1.807, 2.05) is 25.9 Å². The third-order valence-corrected chi connectivity index (χ3v) is 6.89. The van der Waals surface area contributed by atoms with Crippen molar-refractivity contribution in [2.24, 2.45) is 0 Å². The van der Waals surface area contributed by atoms with Crippen LogP contribution in [0.3, 0.4) is 0 Å². The van der Waals surface area contributed by atoms with Crippen LogP contribution < -0.4 is 10.9 Å². The van der Waals surface area contributed by atoms with Gasteiger partial charge in [0.15, 0.2) is 17.2 Å². The molecular formula is C26H30F2N4O4. The fourth-order valence-electron chi connectivity index (χ4n) is 4.88. The van der Waals surface area contributed by atoms with Gasteiger partial charge in [0.05, 0.1) is 30.1 Å². The van der Waals surface area contributed by atoms with Gasteiger partial charge in [-0.25, -0.2) is 13.8 Å². The molecule has 0 aliphatic carbocycles. The van der Waals surface area contributed by atoms with Crippen molar-refractivity contribution in [3.63, 3.8) is 0 Å². The largest absolute Gasteiger partial charge is 0.391 e. The number of likely N-dealkylation sites (N-methyl/N-ethyl adjacent to an activating group) is 1. The number of aliphatic hydroxyl groups excluding tert-OH is 1. The Balaban J connectivity index is 1.92. The number of benzene rings is 1. The fraction of sp³-hybridized carbons (Fsp3) is 0.423. The molecule has 0 saturated heterocycles. The van der Waals surface area contributed by atoms with Crippen molar-refractivity contribution in [2.75, 3.05) is 27.2 Å². The first-order valence-corrected chi connectivity index (χ1v) is 11.9. The van der Waals surface area contributed by atoms with Crippen LogP contribution in [-0.2, 0) is 30.0 Å². The number of aromatic nitrogens is 2. The lowest BCUT2D eigenvalue weighted by Gasteiger charge is -2.29. The molecule has 1 aromatic carbocycles. The van der Waals surface area contributed by atoms with E-state index in [1.54, 1.807) is 6.92 Å². The SMILES string of the molecule is CCc1c2c(nc3cc(F)c(F)cc13)-c1cc([C@@](O)(CC)C(=O)NCCN(C)C)c(CO)c(=O)n1C2. The van der Waals surface area contributed by atoms with Crippen molar-refractivity contribution in [3.8, 4) is 11.4 Å². The summed E-state index contributed by atoms with van der Waals surface area (Å²) in [6.45, 7) is 3.77. The second-order valence-electron chi connectivity index (χ2n) is 9.30. The second kappa shape index (κ2) is 9.68. The summed E-state index contributed by atoms with van der Waals surface area (Å²) in [5.74, 6) is -2.69. The van der Waals surface area contributed by atoms with E-state index in [0.717, 1.165) is 17.7 Å². The highest BCUT2D eigenvalue weighted by Gasteiger charge is 2.40. The molecule has 0 radical (unpaired) electrons. The first-order valence-electron chi connectivity index (χ1n) is 11.9.